The number of nitro benzene ring substituents is 1. The van der Waals surface area contributed by atoms with E-state index in [2.05, 4.69) is 25.2 Å². The largest absolute Gasteiger partial charge is 0.374 e. The van der Waals surface area contributed by atoms with Crippen molar-refractivity contribution in [3.63, 3.8) is 0 Å². The van der Waals surface area contributed by atoms with Crippen LogP contribution in [-0.4, -0.2) is 20.2 Å². The van der Waals surface area contributed by atoms with E-state index in [-0.39, 0.29) is 17.2 Å². The number of hydrogen-bond donors (Lipinski definition) is 1. The molecule has 0 radical (unpaired) electrons. The zero-order valence-electron chi connectivity index (χ0n) is 11.2. The van der Waals surface area contributed by atoms with Gasteiger partial charge in [-0.15, -0.1) is 11.3 Å². The molecule has 0 saturated carbocycles. The number of aromatic nitrogens is 3. The number of hydrogen-bond acceptors (Lipinski definition) is 8. The third kappa shape index (κ3) is 2.42. The number of nitrogens with one attached hydrogen (secondary N) is 1. The lowest BCUT2D eigenvalue weighted by molar-refractivity contribution is -0.383. The van der Waals surface area contributed by atoms with Crippen molar-refractivity contribution in [2.45, 2.75) is 19.9 Å². The number of thiazole rings is 1. The number of non-ortho nitro benzene ring substituents is 1. The summed E-state index contributed by atoms with van der Waals surface area (Å²) in [5, 5.41) is 22.4. The van der Waals surface area contributed by atoms with Gasteiger partial charge in [0.05, 0.1) is 16.7 Å². The molecule has 1 aromatic carbocycles. The van der Waals surface area contributed by atoms with Gasteiger partial charge in [-0.05, 0) is 30.2 Å². The molecule has 3 aromatic rings. The van der Waals surface area contributed by atoms with Gasteiger partial charge in [0.15, 0.2) is 5.52 Å². The summed E-state index contributed by atoms with van der Waals surface area (Å²) < 4.78 is 4.63. The van der Waals surface area contributed by atoms with Crippen molar-refractivity contribution >= 4 is 33.7 Å². The van der Waals surface area contributed by atoms with E-state index in [0.29, 0.717) is 11.2 Å². The fourth-order valence-electron chi connectivity index (χ4n) is 1.98. The Bertz CT molecular complexity index is 812. The average molecular weight is 305 g/mol. The van der Waals surface area contributed by atoms with E-state index < -0.39 is 4.92 Å². The smallest absolute Gasteiger partial charge is 0.300 e. The first kappa shape index (κ1) is 13.4. The van der Waals surface area contributed by atoms with Gasteiger partial charge in [-0.2, -0.15) is 0 Å². The number of nitrogens with zero attached hydrogens (tertiary/aromatic N) is 4. The minimum Gasteiger partial charge on any atom is -0.374 e. The molecule has 3 rings (SSSR count). The lowest BCUT2D eigenvalue weighted by Gasteiger charge is -2.12. The monoisotopic (exact) mass is 305 g/mol. The van der Waals surface area contributed by atoms with Crippen molar-refractivity contribution in [3.05, 3.63) is 38.3 Å². The van der Waals surface area contributed by atoms with E-state index in [1.54, 1.807) is 23.6 Å². The maximum absolute atomic E-state index is 10.9. The van der Waals surface area contributed by atoms with Crippen LogP contribution >= 0.6 is 11.3 Å². The molecule has 1 unspecified atom stereocenters. The van der Waals surface area contributed by atoms with Gasteiger partial charge in [0.2, 0.25) is 5.52 Å². The fourth-order valence-corrected chi connectivity index (χ4v) is 2.76. The van der Waals surface area contributed by atoms with Gasteiger partial charge in [0, 0.05) is 17.1 Å². The quantitative estimate of drug-likeness (QED) is 0.583. The molecular formula is C12H11N5O3S. The lowest BCUT2D eigenvalue weighted by Crippen LogP contribution is -2.06. The second-order valence-corrected chi connectivity index (χ2v) is 5.79. The standard InChI is InChI=1S/C12H11N5O3S/c1-6-5-13-12(21-6)7(2)14-8-3-4-9(17(18)19)11-10(8)15-20-16-11/h3-5,7,14H,1-2H3. The van der Waals surface area contributed by atoms with Crippen LogP contribution in [0, 0.1) is 17.0 Å². The summed E-state index contributed by atoms with van der Waals surface area (Å²) in [5.41, 5.74) is 0.962. The number of anilines is 1. The molecule has 0 saturated heterocycles. The molecule has 1 N–H and O–H groups in total. The van der Waals surface area contributed by atoms with Crippen LogP contribution in [0.5, 0.6) is 0 Å². The van der Waals surface area contributed by atoms with E-state index in [1.165, 1.54) is 6.07 Å². The Kier molecular flexibility index (Phi) is 3.26. The van der Waals surface area contributed by atoms with Crippen molar-refractivity contribution in [2.75, 3.05) is 5.32 Å². The van der Waals surface area contributed by atoms with Crippen molar-refractivity contribution in [1.82, 2.24) is 15.3 Å². The summed E-state index contributed by atoms with van der Waals surface area (Å²) >= 11 is 1.59. The Balaban J connectivity index is 1.96. The van der Waals surface area contributed by atoms with Crippen LogP contribution in [0.3, 0.4) is 0 Å². The SMILES string of the molecule is Cc1cnc(C(C)Nc2ccc([N+](=O)[O-])c3nonc23)s1. The van der Waals surface area contributed by atoms with Crippen LogP contribution in [0.25, 0.3) is 11.0 Å². The Hall–Kier alpha value is -2.55. The van der Waals surface area contributed by atoms with Gasteiger partial charge >= 0.3 is 5.69 Å². The van der Waals surface area contributed by atoms with Crippen molar-refractivity contribution in [2.24, 2.45) is 0 Å². The normalized spacial score (nSPS) is 12.5. The first-order chi connectivity index (χ1) is 10.1. The van der Waals surface area contributed by atoms with Crippen molar-refractivity contribution in [3.8, 4) is 0 Å². The zero-order chi connectivity index (χ0) is 15.0. The summed E-state index contributed by atoms with van der Waals surface area (Å²) in [5.74, 6) is 0. The predicted octanol–water partition coefficient (Wildman–Crippen LogP) is 3.07. The molecule has 21 heavy (non-hydrogen) atoms. The third-order valence-corrected chi connectivity index (χ3v) is 4.07. The highest BCUT2D eigenvalue weighted by Crippen LogP contribution is 2.31. The van der Waals surface area contributed by atoms with E-state index in [0.717, 1.165) is 9.88 Å². The summed E-state index contributed by atoms with van der Waals surface area (Å²) in [7, 11) is 0. The van der Waals surface area contributed by atoms with Gasteiger partial charge in [0.1, 0.15) is 5.01 Å². The maximum atomic E-state index is 10.9. The Morgan fingerprint density at radius 2 is 2.14 bits per heavy atom. The average Bonchev–Trinajstić information content (AvgIpc) is 3.07. The Labute approximate surface area is 122 Å². The molecule has 1 atom stereocenters. The third-order valence-electron chi connectivity index (χ3n) is 2.97. The van der Waals surface area contributed by atoms with Crippen LogP contribution in [0.1, 0.15) is 22.9 Å². The number of fused-ring (bicyclic) bond motifs is 1. The molecule has 0 amide bonds. The lowest BCUT2D eigenvalue weighted by atomic mass is 10.2. The zero-order valence-corrected chi connectivity index (χ0v) is 12.0. The second kappa shape index (κ2) is 5.09. The topological polar surface area (TPSA) is 107 Å². The van der Waals surface area contributed by atoms with Gasteiger partial charge in [-0.1, -0.05) is 0 Å². The van der Waals surface area contributed by atoms with Crippen LogP contribution in [0.15, 0.2) is 23.0 Å². The molecule has 0 fully saturated rings. The number of benzene rings is 1. The molecule has 108 valence electrons. The minimum atomic E-state index is -0.510. The van der Waals surface area contributed by atoms with Gasteiger partial charge in [-0.3, -0.25) is 10.1 Å². The maximum Gasteiger partial charge on any atom is 0.300 e. The van der Waals surface area contributed by atoms with Crippen molar-refractivity contribution in [1.29, 1.82) is 0 Å². The van der Waals surface area contributed by atoms with Gasteiger partial charge in [-0.25, -0.2) is 9.61 Å². The van der Waals surface area contributed by atoms with Crippen LogP contribution in [0.2, 0.25) is 0 Å². The highest BCUT2D eigenvalue weighted by atomic mass is 32.1. The van der Waals surface area contributed by atoms with E-state index in [9.17, 15) is 10.1 Å². The van der Waals surface area contributed by atoms with Crippen molar-refractivity contribution < 1.29 is 9.55 Å². The highest BCUT2D eigenvalue weighted by Gasteiger charge is 2.21. The van der Waals surface area contributed by atoms with Crippen LogP contribution in [-0.2, 0) is 0 Å². The van der Waals surface area contributed by atoms with E-state index >= 15 is 0 Å². The molecule has 0 aliphatic carbocycles. The molecule has 0 bridgehead atoms. The Morgan fingerprint density at radius 3 is 2.81 bits per heavy atom. The first-order valence-corrected chi connectivity index (χ1v) is 6.96. The predicted molar refractivity (Wildman–Crippen MR) is 77.3 cm³/mol. The summed E-state index contributed by atoms with van der Waals surface area (Å²) in [6, 6.07) is 2.93. The first-order valence-electron chi connectivity index (χ1n) is 6.15. The molecule has 0 aliphatic rings. The molecule has 2 aromatic heterocycles. The molecule has 0 spiro atoms. The van der Waals surface area contributed by atoms with E-state index in [4.69, 9.17) is 0 Å². The number of rotatable bonds is 4. The minimum absolute atomic E-state index is 0.0509. The molecule has 9 heteroatoms. The summed E-state index contributed by atoms with van der Waals surface area (Å²) in [6.07, 6.45) is 1.81. The van der Waals surface area contributed by atoms with E-state index in [1.807, 2.05) is 13.8 Å². The van der Waals surface area contributed by atoms with Crippen LogP contribution < -0.4 is 5.32 Å². The Morgan fingerprint density at radius 1 is 1.38 bits per heavy atom. The molecule has 8 nitrogen and oxygen atoms in total. The van der Waals surface area contributed by atoms with Gasteiger partial charge in [0.25, 0.3) is 0 Å². The second-order valence-electron chi connectivity index (χ2n) is 4.53. The summed E-state index contributed by atoms with van der Waals surface area (Å²) in [6.45, 7) is 3.94. The van der Waals surface area contributed by atoms with Gasteiger partial charge < -0.3 is 5.32 Å². The number of aryl methyl sites for hydroxylation is 1. The molecular weight excluding hydrogens is 294 g/mol. The fraction of sp³-hybridized carbons (Fsp3) is 0.250. The molecule has 0 aliphatic heterocycles. The molecule has 2 heterocycles. The number of nitro groups is 1. The highest BCUT2D eigenvalue weighted by molar-refractivity contribution is 7.11. The summed E-state index contributed by atoms with van der Waals surface area (Å²) in [4.78, 5) is 15.9. The van der Waals surface area contributed by atoms with Crippen LogP contribution in [0.4, 0.5) is 11.4 Å².